The van der Waals surface area contributed by atoms with Gasteiger partial charge in [-0.15, -0.1) is 0 Å². The minimum Gasteiger partial charge on any atom is -0.444 e. The number of ketones is 1. The Morgan fingerprint density at radius 1 is 1.11 bits per heavy atom. The van der Waals surface area contributed by atoms with E-state index in [2.05, 4.69) is 9.97 Å². The summed E-state index contributed by atoms with van der Waals surface area (Å²) in [6.07, 6.45) is -2.61. The number of rotatable bonds is 2. The number of amides is 1. The van der Waals surface area contributed by atoms with Crippen LogP contribution in [-0.2, 0) is 15.7 Å². The minimum atomic E-state index is -4.66. The lowest BCUT2D eigenvalue weighted by molar-refractivity contribution is -0.145. The number of piperidine rings is 1. The first-order valence-electron chi connectivity index (χ1n) is 8.98. The van der Waals surface area contributed by atoms with Crippen LogP contribution < -0.4 is 0 Å². The third-order valence-corrected chi connectivity index (χ3v) is 4.69. The zero-order valence-electron chi connectivity index (χ0n) is 15.8. The molecule has 3 rings (SSSR count). The molecule has 2 aliphatic rings. The fourth-order valence-electron chi connectivity index (χ4n) is 3.58. The normalized spacial score (nSPS) is 25.4. The van der Waals surface area contributed by atoms with Gasteiger partial charge >= 0.3 is 12.3 Å². The maximum Gasteiger partial charge on any atom is 0.451 e. The second-order valence-electron chi connectivity index (χ2n) is 8.06. The first-order chi connectivity index (χ1) is 13.0. The van der Waals surface area contributed by atoms with Crippen LogP contribution in [0.3, 0.4) is 0 Å². The molecule has 2 aliphatic heterocycles. The van der Waals surface area contributed by atoms with E-state index in [4.69, 9.17) is 9.47 Å². The number of hydrogen-bond donors (Lipinski definition) is 0. The quantitative estimate of drug-likeness (QED) is 0.709. The molecule has 0 aliphatic carbocycles. The van der Waals surface area contributed by atoms with Crippen LogP contribution >= 0.6 is 0 Å². The molecule has 0 N–H and O–H groups in total. The lowest BCUT2D eigenvalue weighted by Crippen LogP contribution is -2.60. The Labute approximate surface area is 160 Å². The Balaban J connectivity index is 1.73. The number of morpholine rings is 1. The minimum absolute atomic E-state index is 0.0303. The van der Waals surface area contributed by atoms with E-state index in [9.17, 15) is 22.8 Å². The van der Waals surface area contributed by atoms with Crippen LogP contribution in [0, 0.1) is 5.92 Å². The molecule has 28 heavy (non-hydrogen) atoms. The van der Waals surface area contributed by atoms with Crippen LogP contribution in [0.15, 0.2) is 12.4 Å². The van der Waals surface area contributed by atoms with E-state index in [1.807, 2.05) is 0 Å². The highest BCUT2D eigenvalue weighted by Crippen LogP contribution is 2.34. The van der Waals surface area contributed by atoms with Gasteiger partial charge in [-0.2, -0.15) is 13.2 Å². The molecular weight excluding hydrogens is 379 g/mol. The standard InChI is InChI=1S/C18H22F3N3O4/c1-17(2,3)28-16(26)24-12-4-10(5-13(24)9-27-8-12)14(25)11-6-22-15(23-7-11)18(19,20)21/h6-7,10,12-13H,4-5,8-9H2,1-3H3. The van der Waals surface area contributed by atoms with E-state index < -0.39 is 29.6 Å². The second kappa shape index (κ2) is 7.31. The highest BCUT2D eigenvalue weighted by Gasteiger charge is 2.45. The summed E-state index contributed by atoms with van der Waals surface area (Å²) < 4.78 is 48.8. The Hall–Kier alpha value is -2.23. The van der Waals surface area contributed by atoms with Crippen LogP contribution in [0.1, 0.15) is 49.8 Å². The molecule has 3 heterocycles. The number of alkyl halides is 3. The molecule has 2 atom stereocenters. The summed E-state index contributed by atoms with van der Waals surface area (Å²) in [5.41, 5.74) is -0.612. The van der Waals surface area contributed by atoms with Crippen molar-refractivity contribution in [3.05, 3.63) is 23.8 Å². The highest BCUT2D eigenvalue weighted by molar-refractivity contribution is 5.97. The van der Waals surface area contributed by atoms with Crippen molar-refractivity contribution in [2.75, 3.05) is 13.2 Å². The van der Waals surface area contributed by atoms with Crippen molar-refractivity contribution in [3.8, 4) is 0 Å². The van der Waals surface area contributed by atoms with Gasteiger partial charge in [0.25, 0.3) is 0 Å². The van der Waals surface area contributed by atoms with Gasteiger partial charge in [-0.25, -0.2) is 14.8 Å². The van der Waals surface area contributed by atoms with Gasteiger partial charge in [-0.3, -0.25) is 9.69 Å². The molecule has 0 spiro atoms. The maximum absolute atomic E-state index is 12.8. The molecule has 2 unspecified atom stereocenters. The molecule has 10 heteroatoms. The van der Waals surface area contributed by atoms with Gasteiger partial charge in [0.15, 0.2) is 5.78 Å². The number of hydrogen-bond acceptors (Lipinski definition) is 6. The van der Waals surface area contributed by atoms with E-state index in [-0.39, 0.29) is 36.6 Å². The van der Waals surface area contributed by atoms with E-state index in [1.165, 1.54) is 0 Å². The molecule has 0 radical (unpaired) electrons. The van der Waals surface area contributed by atoms with Crippen molar-refractivity contribution in [3.63, 3.8) is 0 Å². The van der Waals surface area contributed by atoms with Gasteiger partial charge in [0.2, 0.25) is 5.82 Å². The van der Waals surface area contributed by atoms with Gasteiger partial charge in [-0.1, -0.05) is 0 Å². The first kappa shape index (κ1) is 20.5. The van der Waals surface area contributed by atoms with Crippen molar-refractivity contribution >= 4 is 11.9 Å². The molecule has 2 fully saturated rings. The summed E-state index contributed by atoms with van der Waals surface area (Å²) in [6, 6.07) is -0.654. The lowest BCUT2D eigenvalue weighted by Gasteiger charge is -2.47. The molecule has 2 bridgehead atoms. The molecule has 0 aromatic carbocycles. The summed E-state index contributed by atoms with van der Waals surface area (Å²) in [7, 11) is 0. The molecule has 1 aromatic heterocycles. The first-order valence-corrected chi connectivity index (χ1v) is 8.98. The van der Waals surface area contributed by atoms with Crippen LogP contribution in [0.4, 0.5) is 18.0 Å². The Morgan fingerprint density at radius 2 is 1.64 bits per heavy atom. The van der Waals surface area contributed by atoms with Gasteiger partial charge in [0, 0.05) is 18.3 Å². The van der Waals surface area contributed by atoms with Gasteiger partial charge in [0.1, 0.15) is 5.60 Å². The number of carbonyl (C=O) groups excluding carboxylic acids is 2. The van der Waals surface area contributed by atoms with Crippen LogP contribution in [0.2, 0.25) is 0 Å². The third kappa shape index (κ3) is 4.43. The Kier molecular flexibility index (Phi) is 5.35. The van der Waals surface area contributed by atoms with Gasteiger partial charge < -0.3 is 9.47 Å². The Bertz CT molecular complexity index is 732. The Morgan fingerprint density at radius 3 is 2.11 bits per heavy atom. The topological polar surface area (TPSA) is 81.6 Å². The molecule has 1 aromatic rings. The molecule has 0 saturated carbocycles. The average Bonchev–Trinajstić information content (AvgIpc) is 2.57. The fourth-order valence-corrected chi connectivity index (χ4v) is 3.58. The zero-order valence-corrected chi connectivity index (χ0v) is 15.8. The van der Waals surface area contributed by atoms with Crippen molar-refractivity contribution < 1.29 is 32.2 Å². The van der Waals surface area contributed by atoms with E-state index in [0.717, 1.165) is 12.4 Å². The SMILES string of the molecule is CC(C)(C)OC(=O)N1C2COCC1CC(C(=O)c1cnc(C(F)(F)F)nc1)C2. The largest absolute Gasteiger partial charge is 0.451 e. The molecule has 1 amide bonds. The van der Waals surface area contributed by atoms with E-state index in [0.29, 0.717) is 12.8 Å². The highest BCUT2D eigenvalue weighted by atomic mass is 19.4. The number of carbonyl (C=O) groups is 2. The van der Waals surface area contributed by atoms with Crippen molar-refractivity contribution in [2.45, 2.75) is 57.5 Å². The van der Waals surface area contributed by atoms with Crippen LogP contribution in [-0.4, -0.2) is 57.6 Å². The van der Waals surface area contributed by atoms with E-state index in [1.54, 1.807) is 25.7 Å². The summed E-state index contributed by atoms with van der Waals surface area (Å²) >= 11 is 0. The molecule has 154 valence electrons. The number of aromatic nitrogens is 2. The summed E-state index contributed by atoms with van der Waals surface area (Å²) in [5.74, 6) is -2.05. The van der Waals surface area contributed by atoms with Crippen molar-refractivity contribution in [1.82, 2.24) is 14.9 Å². The number of fused-ring (bicyclic) bond motifs is 2. The van der Waals surface area contributed by atoms with Gasteiger partial charge in [-0.05, 0) is 33.6 Å². The zero-order chi connectivity index (χ0) is 20.7. The molecular formula is C18H22F3N3O4. The number of Topliss-reactive ketones (excluding diaryl/α,β-unsaturated/α-hetero) is 1. The van der Waals surface area contributed by atoms with Crippen LogP contribution in [0.25, 0.3) is 0 Å². The van der Waals surface area contributed by atoms with Gasteiger partial charge in [0.05, 0.1) is 30.9 Å². The number of halogens is 3. The number of ether oxygens (including phenoxy) is 2. The van der Waals surface area contributed by atoms with E-state index >= 15 is 0 Å². The molecule has 2 saturated heterocycles. The predicted molar refractivity (Wildman–Crippen MR) is 90.6 cm³/mol. The monoisotopic (exact) mass is 401 g/mol. The lowest BCUT2D eigenvalue weighted by atomic mass is 9.81. The maximum atomic E-state index is 12.8. The predicted octanol–water partition coefficient (Wildman–Crippen LogP) is 3.09. The molecule has 7 nitrogen and oxygen atoms in total. The summed E-state index contributed by atoms with van der Waals surface area (Å²) in [4.78, 5) is 33.4. The van der Waals surface area contributed by atoms with Crippen molar-refractivity contribution in [1.29, 1.82) is 0 Å². The summed E-state index contributed by atoms with van der Waals surface area (Å²) in [6.45, 7) is 5.89. The fraction of sp³-hybridized carbons (Fsp3) is 0.667. The van der Waals surface area contributed by atoms with Crippen LogP contribution in [0.5, 0.6) is 0 Å². The second-order valence-corrected chi connectivity index (χ2v) is 8.06. The van der Waals surface area contributed by atoms with Crippen molar-refractivity contribution in [2.24, 2.45) is 5.92 Å². The smallest absolute Gasteiger partial charge is 0.444 e. The third-order valence-electron chi connectivity index (χ3n) is 4.69. The average molecular weight is 401 g/mol. The summed E-state index contributed by atoms with van der Waals surface area (Å²) in [5, 5.41) is 0. The number of nitrogens with zero attached hydrogens (tertiary/aromatic N) is 3.